The van der Waals surface area contributed by atoms with Crippen molar-refractivity contribution in [3.05, 3.63) is 65.9 Å². The minimum Gasteiger partial charge on any atom is -0.321 e. The first-order valence-corrected chi connectivity index (χ1v) is 6.78. The van der Waals surface area contributed by atoms with Crippen molar-refractivity contribution in [1.82, 2.24) is 10.2 Å². The predicted octanol–water partition coefficient (Wildman–Crippen LogP) is 3.08. The summed E-state index contributed by atoms with van der Waals surface area (Å²) in [6.45, 7) is 1.50. The smallest absolute Gasteiger partial charge is 0.276 e. The van der Waals surface area contributed by atoms with E-state index in [-0.39, 0.29) is 17.4 Å². The molecule has 1 N–H and O–H groups in total. The van der Waals surface area contributed by atoms with Gasteiger partial charge in [0.1, 0.15) is 0 Å². The lowest BCUT2D eigenvalue weighted by Crippen LogP contribution is -2.14. The largest absolute Gasteiger partial charge is 0.321 e. The van der Waals surface area contributed by atoms with E-state index in [1.54, 1.807) is 30.3 Å². The van der Waals surface area contributed by atoms with Crippen molar-refractivity contribution >= 4 is 28.3 Å². The van der Waals surface area contributed by atoms with Crippen molar-refractivity contribution in [3.8, 4) is 0 Å². The van der Waals surface area contributed by atoms with Crippen LogP contribution in [0.4, 0.5) is 5.69 Å². The molecule has 1 amide bonds. The van der Waals surface area contributed by atoms with E-state index in [9.17, 15) is 9.59 Å². The number of fused-ring (bicyclic) bond motifs is 1. The van der Waals surface area contributed by atoms with Crippen molar-refractivity contribution in [2.24, 2.45) is 0 Å². The van der Waals surface area contributed by atoms with E-state index in [0.717, 1.165) is 10.9 Å². The minimum atomic E-state index is -0.339. The maximum atomic E-state index is 12.2. The summed E-state index contributed by atoms with van der Waals surface area (Å²) in [6.07, 6.45) is 0. The molecule has 0 unspecified atom stereocenters. The zero-order valence-electron chi connectivity index (χ0n) is 11.9. The Bertz CT molecular complexity index is 857. The average Bonchev–Trinajstić information content (AvgIpc) is 2.55. The first-order chi connectivity index (χ1) is 10.6. The van der Waals surface area contributed by atoms with E-state index in [1.165, 1.54) is 6.92 Å². The highest BCUT2D eigenvalue weighted by Gasteiger charge is 2.10. The second kappa shape index (κ2) is 5.73. The normalized spacial score (nSPS) is 10.4. The third-order valence-corrected chi connectivity index (χ3v) is 3.28. The van der Waals surface area contributed by atoms with Gasteiger partial charge in [-0.25, -0.2) is 0 Å². The van der Waals surface area contributed by atoms with Gasteiger partial charge in [0, 0.05) is 16.6 Å². The fraction of sp³-hybridized carbons (Fsp3) is 0.0588. The molecule has 1 aromatic heterocycles. The van der Waals surface area contributed by atoms with Gasteiger partial charge in [0.05, 0.1) is 5.52 Å². The molecule has 2 aromatic carbocycles. The molecule has 0 spiro atoms. The third-order valence-electron chi connectivity index (χ3n) is 3.28. The molecule has 0 saturated carbocycles. The minimum absolute atomic E-state index is 0.0155. The van der Waals surface area contributed by atoms with Crippen LogP contribution in [0.15, 0.2) is 54.6 Å². The zero-order valence-corrected chi connectivity index (χ0v) is 11.9. The van der Waals surface area contributed by atoms with Crippen LogP contribution in [0.25, 0.3) is 10.9 Å². The van der Waals surface area contributed by atoms with Gasteiger partial charge in [-0.2, -0.15) is 0 Å². The molecule has 3 aromatic rings. The molecular formula is C17H13N3O2. The maximum Gasteiger partial charge on any atom is 0.276 e. The van der Waals surface area contributed by atoms with E-state index in [2.05, 4.69) is 15.5 Å². The van der Waals surface area contributed by atoms with Crippen LogP contribution in [0.1, 0.15) is 27.8 Å². The van der Waals surface area contributed by atoms with Crippen molar-refractivity contribution in [3.63, 3.8) is 0 Å². The van der Waals surface area contributed by atoms with Crippen LogP contribution in [-0.4, -0.2) is 21.9 Å². The Morgan fingerprint density at radius 2 is 1.68 bits per heavy atom. The number of ketones is 1. The molecule has 0 fully saturated rings. The van der Waals surface area contributed by atoms with Gasteiger partial charge in [-0.05, 0) is 43.3 Å². The Hall–Kier alpha value is -3.08. The second-order valence-corrected chi connectivity index (χ2v) is 4.88. The lowest BCUT2D eigenvalue weighted by atomic mass is 10.1. The van der Waals surface area contributed by atoms with Crippen LogP contribution in [0, 0.1) is 0 Å². The number of carbonyl (C=O) groups is 2. The fourth-order valence-corrected chi connectivity index (χ4v) is 2.08. The van der Waals surface area contributed by atoms with E-state index in [1.807, 2.05) is 24.3 Å². The Morgan fingerprint density at radius 1 is 0.955 bits per heavy atom. The summed E-state index contributed by atoms with van der Waals surface area (Å²) < 4.78 is 0. The third kappa shape index (κ3) is 2.83. The molecule has 22 heavy (non-hydrogen) atoms. The van der Waals surface area contributed by atoms with Gasteiger partial charge >= 0.3 is 0 Å². The standard InChI is InChI=1S/C17H13N3O2/c1-11(21)12-6-8-14(9-7-12)18-17(22)16-10-13-4-2-3-5-15(13)19-20-16/h2-10H,1H3,(H,18,22). The molecule has 0 radical (unpaired) electrons. The van der Waals surface area contributed by atoms with Gasteiger partial charge in [0.15, 0.2) is 11.5 Å². The van der Waals surface area contributed by atoms with Crippen LogP contribution in [0.3, 0.4) is 0 Å². The monoisotopic (exact) mass is 291 g/mol. The molecule has 0 aliphatic heterocycles. The first-order valence-electron chi connectivity index (χ1n) is 6.78. The van der Waals surface area contributed by atoms with Crippen molar-refractivity contribution in [2.45, 2.75) is 6.92 Å². The van der Waals surface area contributed by atoms with E-state index < -0.39 is 0 Å². The number of amides is 1. The molecule has 108 valence electrons. The summed E-state index contributed by atoms with van der Waals surface area (Å²) in [7, 11) is 0. The topological polar surface area (TPSA) is 72.0 Å². The Morgan fingerprint density at radius 3 is 2.41 bits per heavy atom. The van der Waals surface area contributed by atoms with Crippen LogP contribution in [0.5, 0.6) is 0 Å². The van der Waals surface area contributed by atoms with E-state index in [0.29, 0.717) is 11.3 Å². The molecule has 3 rings (SSSR count). The van der Waals surface area contributed by atoms with Gasteiger partial charge < -0.3 is 5.32 Å². The maximum absolute atomic E-state index is 12.2. The summed E-state index contributed by atoms with van der Waals surface area (Å²) in [5, 5.41) is 11.6. The van der Waals surface area contributed by atoms with Gasteiger partial charge in [0.2, 0.25) is 0 Å². The van der Waals surface area contributed by atoms with Crippen molar-refractivity contribution in [1.29, 1.82) is 0 Å². The van der Waals surface area contributed by atoms with Gasteiger partial charge in [-0.3, -0.25) is 9.59 Å². The number of hydrogen-bond donors (Lipinski definition) is 1. The zero-order chi connectivity index (χ0) is 15.5. The molecule has 5 nitrogen and oxygen atoms in total. The van der Waals surface area contributed by atoms with Crippen molar-refractivity contribution in [2.75, 3.05) is 5.32 Å². The van der Waals surface area contributed by atoms with Gasteiger partial charge in [0.25, 0.3) is 5.91 Å². The summed E-state index contributed by atoms with van der Waals surface area (Å²) >= 11 is 0. The summed E-state index contributed by atoms with van der Waals surface area (Å²) in [5.74, 6) is -0.355. The number of nitrogens with one attached hydrogen (secondary N) is 1. The van der Waals surface area contributed by atoms with Crippen LogP contribution < -0.4 is 5.32 Å². The molecular weight excluding hydrogens is 278 g/mol. The molecule has 0 saturated heterocycles. The highest BCUT2D eigenvalue weighted by molar-refractivity contribution is 6.04. The Kier molecular flexibility index (Phi) is 3.62. The molecule has 0 bridgehead atoms. The number of nitrogens with zero attached hydrogens (tertiary/aromatic N) is 2. The quantitative estimate of drug-likeness (QED) is 0.753. The van der Waals surface area contributed by atoms with E-state index in [4.69, 9.17) is 0 Å². The van der Waals surface area contributed by atoms with Crippen LogP contribution in [0.2, 0.25) is 0 Å². The summed E-state index contributed by atoms with van der Waals surface area (Å²) in [5.41, 5.74) is 2.19. The average molecular weight is 291 g/mol. The molecule has 1 heterocycles. The number of aromatic nitrogens is 2. The molecule has 0 aliphatic rings. The van der Waals surface area contributed by atoms with Gasteiger partial charge in [-0.1, -0.05) is 18.2 Å². The number of benzene rings is 2. The molecule has 5 heteroatoms. The number of Topliss-reactive ketones (excluding diaryl/α,β-unsaturated/α-hetero) is 1. The SMILES string of the molecule is CC(=O)c1ccc(NC(=O)c2cc3ccccc3nn2)cc1. The number of hydrogen-bond acceptors (Lipinski definition) is 4. The number of anilines is 1. The lowest BCUT2D eigenvalue weighted by Gasteiger charge is -2.05. The summed E-state index contributed by atoms with van der Waals surface area (Å²) in [6, 6.07) is 15.9. The van der Waals surface area contributed by atoms with E-state index >= 15 is 0 Å². The Balaban J connectivity index is 1.81. The predicted molar refractivity (Wildman–Crippen MR) is 83.9 cm³/mol. The highest BCUT2D eigenvalue weighted by atomic mass is 16.2. The fourth-order valence-electron chi connectivity index (χ4n) is 2.08. The molecule has 0 atom stereocenters. The number of rotatable bonds is 3. The van der Waals surface area contributed by atoms with Crippen molar-refractivity contribution < 1.29 is 9.59 Å². The lowest BCUT2D eigenvalue weighted by molar-refractivity contribution is 0.101. The van der Waals surface area contributed by atoms with Gasteiger partial charge in [-0.15, -0.1) is 10.2 Å². The van der Waals surface area contributed by atoms with Crippen LogP contribution in [-0.2, 0) is 0 Å². The summed E-state index contributed by atoms with van der Waals surface area (Å²) in [4.78, 5) is 23.4. The van der Waals surface area contributed by atoms with Crippen LogP contribution >= 0.6 is 0 Å². The second-order valence-electron chi connectivity index (χ2n) is 4.88. The highest BCUT2D eigenvalue weighted by Crippen LogP contribution is 2.14. The molecule has 0 aliphatic carbocycles. The Labute approximate surface area is 127 Å². The first kappa shape index (κ1) is 13.9. The number of carbonyl (C=O) groups excluding carboxylic acids is 2.